The monoisotopic (exact) mass is 519 g/mol. The minimum absolute atomic E-state index is 0. The van der Waals surface area contributed by atoms with E-state index in [1.165, 1.54) is 0 Å². The third-order valence-corrected chi connectivity index (χ3v) is 7.71. The molecule has 2 saturated heterocycles. The number of H-pyrrole nitrogens is 1. The van der Waals surface area contributed by atoms with Crippen molar-refractivity contribution in [1.29, 1.82) is 0 Å². The van der Waals surface area contributed by atoms with Gasteiger partial charge in [-0.1, -0.05) is 11.6 Å². The molecule has 3 aromatic heterocycles. The van der Waals surface area contributed by atoms with Crippen LogP contribution in [-0.4, -0.2) is 56.4 Å². The maximum absolute atomic E-state index is 6.53. The number of benzene rings is 1. The molecule has 2 aliphatic heterocycles. The highest BCUT2D eigenvalue weighted by molar-refractivity contribution is 7.59. The third-order valence-electron chi connectivity index (χ3n) is 7.39. The first kappa shape index (κ1) is 25.1. The second-order valence-corrected chi connectivity index (χ2v) is 9.58. The van der Waals surface area contributed by atoms with Gasteiger partial charge in [0, 0.05) is 47.9 Å². The Morgan fingerprint density at radius 1 is 1.24 bits per heavy atom. The third kappa shape index (κ3) is 3.76. The molecule has 1 aromatic carbocycles. The summed E-state index contributed by atoms with van der Waals surface area (Å²) in [5, 5.41) is 8.69. The summed E-state index contributed by atoms with van der Waals surface area (Å²) in [6.45, 7) is 6.67. The largest absolute Gasteiger partial charge is 0.376 e. The minimum Gasteiger partial charge on any atom is -0.376 e. The van der Waals surface area contributed by atoms with Crippen LogP contribution < -0.4 is 10.6 Å². The Hall–Kier alpha value is -1.98. The number of imidazole rings is 1. The van der Waals surface area contributed by atoms with Crippen LogP contribution in [0.2, 0.25) is 5.02 Å². The molecule has 0 unspecified atom stereocenters. The average Bonchev–Trinajstić information content (AvgIpc) is 3.51. The molecule has 2 fully saturated rings. The maximum atomic E-state index is 6.53. The fourth-order valence-corrected chi connectivity index (χ4v) is 5.68. The number of rotatable bonds is 2. The molecule has 4 aromatic rings. The summed E-state index contributed by atoms with van der Waals surface area (Å²) in [7, 11) is 0. The number of anilines is 1. The summed E-state index contributed by atoms with van der Waals surface area (Å²) < 4.78 is 7.97. The van der Waals surface area contributed by atoms with E-state index in [9.17, 15) is 0 Å². The van der Waals surface area contributed by atoms with Gasteiger partial charge in [0.1, 0.15) is 5.65 Å². The normalized spacial score (nSPS) is 21.7. The number of fused-ring (bicyclic) bond motifs is 2. The summed E-state index contributed by atoms with van der Waals surface area (Å²) in [5.74, 6) is 0.919. The van der Waals surface area contributed by atoms with Crippen LogP contribution in [0.4, 0.5) is 5.95 Å². The molecule has 8 nitrogen and oxygen atoms in total. The number of aromatic nitrogens is 5. The van der Waals surface area contributed by atoms with Gasteiger partial charge < -0.3 is 15.4 Å². The molecule has 34 heavy (non-hydrogen) atoms. The Bertz CT molecular complexity index is 1330. The highest BCUT2D eigenvalue weighted by Gasteiger charge is 2.47. The Kier molecular flexibility index (Phi) is 6.82. The molecular formula is C23H30ClN7OS2. The first-order chi connectivity index (χ1) is 15.5. The Labute approximate surface area is 217 Å². The van der Waals surface area contributed by atoms with Gasteiger partial charge in [-0.25, -0.2) is 9.97 Å². The molecule has 2 atom stereocenters. The van der Waals surface area contributed by atoms with Crippen molar-refractivity contribution in [2.75, 3.05) is 24.6 Å². The van der Waals surface area contributed by atoms with Crippen molar-refractivity contribution < 1.29 is 4.74 Å². The van der Waals surface area contributed by atoms with Gasteiger partial charge in [0.25, 0.3) is 0 Å². The second kappa shape index (κ2) is 9.23. The van der Waals surface area contributed by atoms with E-state index in [1.54, 1.807) is 6.20 Å². The van der Waals surface area contributed by atoms with Crippen molar-refractivity contribution in [3.63, 3.8) is 0 Å². The molecule has 3 N–H and O–H groups in total. The summed E-state index contributed by atoms with van der Waals surface area (Å²) in [6, 6.07) is 4.11. The van der Waals surface area contributed by atoms with Gasteiger partial charge in [-0.3, -0.25) is 9.50 Å². The van der Waals surface area contributed by atoms with Crippen molar-refractivity contribution in [3.8, 4) is 11.1 Å². The van der Waals surface area contributed by atoms with Gasteiger partial charge in [0.15, 0.2) is 0 Å². The zero-order valence-electron chi connectivity index (χ0n) is 19.2. The van der Waals surface area contributed by atoms with Crippen molar-refractivity contribution >= 4 is 61.1 Å². The zero-order valence-corrected chi connectivity index (χ0v) is 21.9. The number of nitrogens with one attached hydrogen (secondary N) is 1. The zero-order chi connectivity index (χ0) is 22.0. The summed E-state index contributed by atoms with van der Waals surface area (Å²) in [4.78, 5) is 12.1. The van der Waals surface area contributed by atoms with Gasteiger partial charge in [0.05, 0.1) is 35.1 Å². The smallest absolute Gasteiger partial charge is 0.211 e. The van der Waals surface area contributed by atoms with Gasteiger partial charge in [-0.15, -0.1) is 0 Å². The number of hydrogen-bond donors (Lipinski definition) is 2. The second-order valence-electron chi connectivity index (χ2n) is 9.17. The lowest BCUT2D eigenvalue weighted by atomic mass is 9.73. The summed E-state index contributed by atoms with van der Waals surface area (Å²) in [6.07, 6.45) is 7.68. The van der Waals surface area contributed by atoms with Crippen LogP contribution in [0.25, 0.3) is 27.7 Å². The van der Waals surface area contributed by atoms with Gasteiger partial charge >= 0.3 is 0 Å². The molecule has 11 heteroatoms. The van der Waals surface area contributed by atoms with Gasteiger partial charge in [-0.05, 0) is 44.4 Å². The standard InChI is InChI=1S/C23H26ClN7O.2H2S/c1-13-19(15-9-17(24)16-11-27-29-18(16)10-15)21-26-5-8-31(21)22(28-13)30-6-3-23(4-7-30)12-32-14(2)20(23)25;;/h5,8-11,14,20H,3-4,6-7,12,25H2,1-2H3,(H,27,29);2*1H2/t14-,20+;;/m0../s1. The number of piperidine rings is 1. The van der Waals surface area contributed by atoms with Crippen LogP contribution in [-0.2, 0) is 4.74 Å². The van der Waals surface area contributed by atoms with E-state index in [4.69, 9.17) is 27.1 Å². The number of aromatic amines is 1. The van der Waals surface area contributed by atoms with Crippen LogP contribution in [0.1, 0.15) is 25.5 Å². The van der Waals surface area contributed by atoms with E-state index in [0.717, 1.165) is 71.9 Å². The first-order valence-electron chi connectivity index (χ1n) is 11.1. The van der Waals surface area contributed by atoms with E-state index in [2.05, 4.69) is 37.5 Å². The molecule has 1 spiro atoms. The lowest BCUT2D eigenvalue weighted by molar-refractivity contribution is 0.0973. The van der Waals surface area contributed by atoms with Crippen LogP contribution in [0.5, 0.6) is 0 Å². The predicted octanol–water partition coefficient (Wildman–Crippen LogP) is 3.79. The Morgan fingerprint density at radius 2 is 2.00 bits per heavy atom. The SMILES string of the molecule is Cc1nc(N2CCC3(CC2)CO[C@@H](C)[C@H]3N)n2ccnc2c1-c1cc(Cl)c2cn[nH]c2c1.S.S. The average molecular weight is 520 g/mol. The number of nitrogens with zero attached hydrogens (tertiary/aromatic N) is 5. The lowest BCUT2D eigenvalue weighted by Gasteiger charge is -2.41. The maximum Gasteiger partial charge on any atom is 0.211 e. The molecular weight excluding hydrogens is 490 g/mol. The molecule has 0 amide bonds. The Balaban J connectivity index is 0.00000137. The number of nitrogens with two attached hydrogens (primary N) is 1. The first-order valence-corrected chi connectivity index (χ1v) is 11.4. The van der Waals surface area contributed by atoms with Crippen LogP contribution in [0, 0.1) is 12.3 Å². The summed E-state index contributed by atoms with van der Waals surface area (Å²) in [5.41, 5.74) is 11.2. The van der Waals surface area contributed by atoms with E-state index in [-0.39, 0.29) is 44.6 Å². The van der Waals surface area contributed by atoms with Crippen LogP contribution >= 0.6 is 38.6 Å². The minimum atomic E-state index is 0. The Morgan fingerprint density at radius 3 is 2.71 bits per heavy atom. The van der Waals surface area contributed by atoms with Crippen LogP contribution in [0.3, 0.4) is 0 Å². The van der Waals surface area contributed by atoms with E-state index < -0.39 is 0 Å². The fourth-order valence-electron chi connectivity index (χ4n) is 5.41. The molecule has 182 valence electrons. The highest BCUT2D eigenvalue weighted by Crippen LogP contribution is 2.42. The number of halogens is 1. The van der Waals surface area contributed by atoms with Crippen molar-refractivity contribution in [3.05, 3.63) is 41.4 Å². The lowest BCUT2D eigenvalue weighted by Crippen LogP contribution is -2.51. The van der Waals surface area contributed by atoms with E-state index >= 15 is 0 Å². The van der Waals surface area contributed by atoms with Crippen LogP contribution in [0.15, 0.2) is 30.7 Å². The molecule has 2 aliphatic rings. The number of ether oxygens (including phenoxy) is 1. The molecule has 5 heterocycles. The topological polar surface area (TPSA) is 97.4 Å². The molecule has 0 saturated carbocycles. The quantitative estimate of drug-likeness (QED) is 0.418. The number of aryl methyl sites for hydroxylation is 1. The molecule has 0 aliphatic carbocycles. The summed E-state index contributed by atoms with van der Waals surface area (Å²) >= 11 is 6.53. The molecule has 6 rings (SSSR count). The number of hydrogen-bond acceptors (Lipinski definition) is 6. The van der Waals surface area contributed by atoms with E-state index in [1.807, 2.05) is 25.4 Å². The fraction of sp³-hybridized carbons (Fsp3) is 0.435. The van der Waals surface area contributed by atoms with Gasteiger partial charge in [0.2, 0.25) is 5.95 Å². The van der Waals surface area contributed by atoms with Crippen molar-refractivity contribution in [2.24, 2.45) is 11.1 Å². The molecule has 0 bridgehead atoms. The van der Waals surface area contributed by atoms with Crippen molar-refractivity contribution in [2.45, 2.75) is 38.8 Å². The van der Waals surface area contributed by atoms with Crippen molar-refractivity contribution in [1.82, 2.24) is 24.6 Å². The highest BCUT2D eigenvalue weighted by atomic mass is 35.5. The van der Waals surface area contributed by atoms with E-state index in [0.29, 0.717) is 5.02 Å². The van der Waals surface area contributed by atoms with Gasteiger partial charge in [-0.2, -0.15) is 32.1 Å². The molecule has 0 radical (unpaired) electrons. The predicted molar refractivity (Wildman–Crippen MR) is 146 cm³/mol.